The molecule has 0 amide bonds. The van der Waals surface area contributed by atoms with Gasteiger partial charge in [-0.05, 0) is 29.1 Å². The molecule has 0 aliphatic carbocycles. The molecule has 6 aromatic carbocycles. The molecule has 0 spiro atoms. The Bertz CT molecular complexity index is 2760. The van der Waals surface area contributed by atoms with Gasteiger partial charge in [-0.3, -0.25) is 4.40 Å². The van der Waals surface area contributed by atoms with E-state index in [4.69, 9.17) is 15.0 Å². The number of pyridine rings is 1. The van der Waals surface area contributed by atoms with Gasteiger partial charge in [0.05, 0.1) is 11.0 Å². The third-order valence-electron chi connectivity index (χ3n) is 9.22. The van der Waals surface area contributed by atoms with Gasteiger partial charge in [0.1, 0.15) is 4.83 Å². The van der Waals surface area contributed by atoms with Gasteiger partial charge in [-0.15, -0.1) is 11.3 Å². The van der Waals surface area contributed by atoms with Gasteiger partial charge in [-0.25, -0.2) is 15.0 Å². The maximum atomic E-state index is 5.08. The molecule has 0 radical (unpaired) electrons. The second-order valence-electron chi connectivity index (χ2n) is 12.0. The smallest absolute Gasteiger partial charge is 0.164 e. The molecule has 0 aliphatic heterocycles. The number of aromatic nitrogens is 4. The average molecular weight is 631 g/mol. The van der Waals surface area contributed by atoms with E-state index in [1.54, 1.807) is 0 Å². The lowest BCUT2D eigenvalue weighted by molar-refractivity contribution is 1.07. The highest BCUT2D eigenvalue weighted by atomic mass is 32.1. The molecule has 0 atom stereocenters. The van der Waals surface area contributed by atoms with E-state index in [0.717, 1.165) is 16.7 Å². The summed E-state index contributed by atoms with van der Waals surface area (Å²) in [6.45, 7) is 0. The Kier molecular flexibility index (Phi) is 6.01. The molecule has 0 fully saturated rings. The van der Waals surface area contributed by atoms with Gasteiger partial charge in [0.15, 0.2) is 17.5 Å². The Hall–Kier alpha value is -6.17. The zero-order valence-electron chi connectivity index (χ0n) is 25.7. The molecular formula is C43H26N4S. The molecule has 5 heteroatoms. The van der Waals surface area contributed by atoms with Crippen molar-refractivity contribution in [2.24, 2.45) is 0 Å². The Labute approximate surface area is 280 Å². The molecule has 48 heavy (non-hydrogen) atoms. The van der Waals surface area contributed by atoms with E-state index in [9.17, 15) is 0 Å². The quantitative estimate of drug-likeness (QED) is 0.194. The molecule has 0 N–H and O–H groups in total. The van der Waals surface area contributed by atoms with Crippen molar-refractivity contribution in [1.29, 1.82) is 0 Å². The molecule has 4 nitrogen and oxygen atoms in total. The van der Waals surface area contributed by atoms with Crippen molar-refractivity contribution in [3.05, 3.63) is 158 Å². The molecule has 4 heterocycles. The average Bonchev–Trinajstić information content (AvgIpc) is 3.72. The highest BCUT2D eigenvalue weighted by Gasteiger charge is 2.22. The maximum absolute atomic E-state index is 5.08. The summed E-state index contributed by atoms with van der Waals surface area (Å²) < 4.78 is 3.77. The number of nitrogens with zero attached hydrogens (tertiary/aromatic N) is 4. The van der Waals surface area contributed by atoms with Crippen LogP contribution in [0.15, 0.2) is 158 Å². The number of fused-ring (bicyclic) bond motifs is 10. The molecule has 224 valence electrons. The topological polar surface area (TPSA) is 43.1 Å². The molecule has 10 rings (SSSR count). The van der Waals surface area contributed by atoms with Crippen LogP contribution in [0.25, 0.3) is 92.8 Å². The second-order valence-corrected chi connectivity index (χ2v) is 13.0. The standard InChI is InChI=1S/C43H26N4S/c1-4-14-27(15-5-1)37-32-20-10-12-22-35(32)47-39(37)34-26-30(24-25-31(34)38-33-21-11-13-23-36(33)48-43(38)47)42-45-40(28-16-6-2-7-17-28)44-41(46-42)29-18-8-3-9-19-29/h1-26H. The summed E-state index contributed by atoms with van der Waals surface area (Å²) in [5, 5.41) is 6.17. The summed E-state index contributed by atoms with van der Waals surface area (Å²) >= 11 is 1.86. The normalized spacial score (nSPS) is 11.8. The van der Waals surface area contributed by atoms with Crippen LogP contribution >= 0.6 is 11.3 Å². The third-order valence-corrected chi connectivity index (χ3v) is 10.4. The number of hydrogen-bond acceptors (Lipinski definition) is 4. The number of hydrogen-bond donors (Lipinski definition) is 0. The summed E-state index contributed by atoms with van der Waals surface area (Å²) in [7, 11) is 0. The summed E-state index contributed by atoms with van der Waals surface area (Å²) in [5.41, 5.74) is 7.69. The van der Waals surface area contributed by atoms with Gasteiger partial charge >= 0.3 is 0 Å². The van der Waals surface area contributed by atoms with Crippen molar-refractivity contribution >= 4 is 58.8 Å². The fourth-order valence-corrected chi connectivity index (χ4v) is 8.33. The first-order valence-electron chi connectivity index (χ1n) is 16.0. The minimum absolute atomic E-state index is 0.649. The van der Waals surface area contributed by atoms with Crippen molar-refractivity contribution < 1.29 is 0 Å². The molecule has 0 unspecified atom stereocenters. The molecule has 0 saturated heterocycles. The van der Waals surface area contributed by atoms with Crippen LogP contribution in [0.4, 0.5) is 0 Å². The first kappa shape index (κ1) is 27.0. The predicted molar refractivity (Wildman–Crippen MR) is 200 cm³/mol. The van der Waals surface area contributed by atoms with E-state index in [1.165, 1.54) is 58.6 Å². The highest BCUT2D eigenvalue weighted by molar-refractivity contribution is 7.25. The monoisotopic (exact) mass is 630 g/mol. The lowest BCUT2D eigenvalue weighted by Gasteiger charge is -2.12. The van der Waals surface area contributed by atoms with Crippen LogP contribution in [-0.2, 0) is 0 Å². The van der Waals surface area contributed by atoms with E-state index >= 15 is 0 Å². The van der Waals surface area contributed by atoms with Gasteiger partial charge < -0.3 is 0 Å². The van der Waals surface area contributed by atoms with Crippen LogP contribution in [0.5, 0.6) is 0 Å². The second kappa shape index (κ2) is 10.7. The van der Waals surface area contributed by atoms with E-state index in [0.29, 0.717) is 17.5 Å². The van der Waals surface area contributed by atoms with Crippen molar-refractivity contribution in [2.45, 2.75) is 0 Å². The van der Waals surface area contributed by atoms with Crippen molar-refractivity contribution in [2.75, 3.05) is 0 Å². The van der Waals surface area contributed by atoms with Crippen LogP contribution in [0.3, 0.4) is 0 Å². The molecular weight excluding hydrogens is 605 g/mol. The maximum Gasteiger partial charge on any atom is 0.164 e. The molecule has 0 aliphatic rings. The molecule has 0 saturated carbocycles. The van der Waals surface area contributed by atoms with Crippen molar-refractivity contribution in [3.8, 4) is 45.3 Å². The van der Waals surface area contributed by atoms with Gasteiger partial charge in [0.2, 0.25) is 0 Å². The molecule has 4 aromatic heterocycles. The summed E-state index contributed by atoms with van der Waals surface area (Å²) in [4.78, 5) is 16.4. The van der Waals surface area contributed by atoms with Crippen LogP contribution in [0.1, 0.15) is 0 Å². The predicted octanol–water partition coefficient (Wildman–Crippen LogP) is 11.5. The lowest BCUT2D eigenvalue weighted by atomic mass is 9.97. The van der Waals surface area contributed by atoms with E-state index in [2.05, 4.69) is 126 Å². The zero-order chi connectivity index (χ0) is 31.6. The summed E-state index contributed by atoms with van der Waals surface area (Å²) in [6, 6.07) is 55.4. The summed E-state index contributed by atoms with van der Waals surface area (Å²) in [6.07, 6.45) is 0. The minimum atomic E-state index is 0.649. The van der Waals surface area contributed by atoms with Gasteiger partial charge in [0.25, 0.3) is 0 Å². The van der Waals surface area contributed by atoms with Crippen molar-refractivity contribution in [1.82, 2.24) is 19.4 Å². The number of benzene rings is 6. The zero-order valence-corrected chi connectivity index (χ0v) is 26.5. The van der Waals surface area contributed by atoms with Crippen LogP contribution in [0.2, 0.25) is 0 Å². The van der Waals surface area contributed by atoms with E-state index in [-0.39, 0.29) is 0 Å². The fourth-order valence-electron chi connectivity index (χ4n) is 7.09. The van der Waals surface area contributed by atoms with Gasteiger partial charge in [-0.1, -0.05) is 140 Å². The van der Waals surface area contributed by atoms with Crippen LogP contribution in [0, 0.1) is 0 Å². The number of para-hydroxylation sites is 1. The number of thiophene rings is 1. The van der Waals surface area contributed by atoms with Crippen LogP contribution in [-0.4, -0.2) is 19.4 Å². The molecule has 0 bridgehead atoms. The lowest BCUT2D eigenvalue weighted by Crippen LogP contribution is -2.00. The largest absolute Gasteiger partial charge is 0.299 e. The Morgan fingerprint density at radius 3 is 1.62 bits per heavy atom. The first-order chi connectivity index (χ1) is 23.8. The van der Waals surface area contributed by atoms with Crippen molar-refractivity contribution in [3.63, 3.8) is 0 Å². The SMILES string of the molecule is c1ccc(-c2nc(-c3ccccc3)nc(-c3ccc4c(c3)c3c(-c5ccccc5)c5ccccc5n3c3sc5ccccc5c43)n2)cc1. The van der Waals surface area contributed by atoms with Gasteiger partial charge in [0, 0.05) is 48.5 Å². The van der Waals surface area contributed by atoms with Crippen LogP contribution < -0.4 is 0 Å². The summed E-state index contributed by atoms with van der Waals surface area (Å²) in [5.74, 6) is 1.96. The highest BCUT2D eigenvalue weighted by Crippen LogP contribution is 2.47. The first-order valence-corrected chi connectivity index (χ1v) is 16.9. The van der Waals surface area contributed by atoms with E-state index in [1.807, 2.05) is 47.7 Å². The minimum Gasteiger partial charge on any atom is -0.299 e. The number of rotatable bonds is 4. The fraction of sp³-hybridized carbons (Fsp3) is 0. The van der Waals surface area contributed by atoms with E-state index < -0.39 is 0 Å². The van der Waals surface area contributed by atoms with Gasteiger partial charge in [-0.2, -0.15) is 0 Å². The Morgan fingerprint density at radius 2 is 0.958 bits per heavy atom. The third kappa shape index (κ3) is 4.11. The Balaban J connectivity index is 1.35. The molecule has 10 aromatic rings. The Morgan fingerprint density at radius 1 is 0.417 bits per heavy atom.